The summed E-state index contributed by atoms with van der Waals surface area (Å²) < 4.78 is 4.75. The van der Waals surface area contributed by atoms with Gasteiger partial charge in [0, 0.05) is 24.4 Å². The molecule has 1 aromatic carbocycles. The van der Waals surface area contributed by atoms with Crippen LogP contribution in [0.4, 0.5) is 0 Å². The van der Waals surface area contributed by atoms with Crippen LogP contribution >= 0.6 is 12.4 Å². The highest BCUT2D eigenvalue weighted by molar-refractivity contribution is 5.96. The molecule has 0 bridgehead atoms. The van der Waals surface area contributed by atoms with Gasteiger partial charge in [0.1, 0.15) is 6.04 Å². The van der Waals surface area contributed by atoms with E-state index in [1.54, 1.807) is 48.8 Å². The first-order valence-corrected chi connectivity index (χ1v) is 6.53. The molecule has 6 heteroatoms. The number of rotatable bonds is 5. The van der Waals surface area contributed by atoms with Gasteiger partial charge in [-0.05, 0) is 29.8 Å². The minimum absolute atomic E-state index is 0. The number of benzene rings is 1. The predicted molar refractivity (Wildman–Crippen MR) is 84.9 cm³/mol. The smallest absolute Gasteiger partial charge is 0.328 e. The van der Waals surface area contributed by atoms with Gasteiger partial charge in [0.25, 0.3) is 5.91 Å². The van der Waals surface area contributed by atoms with Crippen molar-refractivity contribution in [2.24, 2.45) is 0 Å². The zero-order valence-corrected chi connectivity index (χ0v) is 12.9. The van der Waals surface area contributed by atoms with Crippen LogP contribution in [0.2, 0.25) is 0 Å². The molecule has 0 aliphatic carbocycles. The quantitative estimate of drug-likeness (QED) is 0.856. The standard InChI is InChI=1S/C16H16N2O3.ClH/c1-21-16(20)14(11-12-7-9-17-10-8-12)18-15(19)13-5-3-2-4-6-13;/h2-10,14H,11H2,1H3,(H,18,19);1H/t14-;/m0./s1. The molecule has 1 N–H and O–H groups in total. The molecule has 0 aliphatic rings. The minimum atomic E-state index is -0.731. The van der Waals surface area contributed by atoms with Gasteiger partial charge >= 0.3 is 5.97 Å². The van der Waals surface area contributed by atoms with Crippen LogP contribution in [0.1, 0.15) is 15.9 Å². The summed E-state index contributed by atoms with van der Waals surface area (Å²) in [5, 5.41) is 2.70. The number of halogens is 1. The summed E-state index contributed by atoms with van der Waals surface area (Å²) in [7, 11) is 1.30. The molecule has 0 aliphatic heterocycles. The lowest BCUT2D eigenvalue weighted by Gasteiger charge is -2.16. The number of pyridine rings is 1. The van der Waals surface area contributed by atoms with Crippen molar-refractivity contribution in [3.05, 3.63) is 66.0 Å². The van der Waals surface area contributed by atoms with Gasteiger partial charge in [0.2, 0.25) is 0 Å². The van der Waals surface area contributed by atoms with Crippen molar-refractivity contribution >= 4 is 24.3 Å². The van der Waals surface area contributed by atoms with Crippen molar-refractivity contribution in [1.82, 2.24) is 10.3 Å². The molecule has 1 heterocycles. The molecule has 1 amide bonds. The highest BCUT2D eigenvalue weighted by Crippen LogP contribution is 2.05. The van der Waals surface area contributed by atoms with Crippen molar-refractivity contribution in [3.8, 4) is 0 Å². The molecule has 1 atom stereocenters. The molecule has 0 radical (unpaired) electrons. The Labute approximate surface area is 135 Å². The second kappa shape index (κ2) is 8.79. The molecule has 0 unspecified atom stereocenters. The summed E-state index contributed by atoms with van der Waals surface area (Å²) in [5.74, 6) is -0.781. The Morgan fingerprint density at radius 1 is 1.14 bits per heavy atom. The average molecular weight is 321 g/mol. The Balaban J connectivity index is 0.00000242. The lowest BCUT2D eigenvalue weighted by Crippen LogP contribution is -2.43. The van der Waals surface area contributed by atoms with Crippen LogP contribution in [-0.2, 0) is 16.0 Å². The van der Waals surface area contributed by atoms with Crippen molar-refractivity contribution < 1.29 is 14.3 Å². The number of methoxy groups -OCH3 is 1. The average Bonchev–Trinajstić information content (AvgIpc) is 2.55. The van der Waals surface area contributed by atoms with E-state index in [-0.39, 0.29) is 18.3 Å². The zero-order chi connectivity index (χ0) is 15.1. The SMILES string of the molecule is COC(=O)[C@H](Cc1ccncc1)NC(=O)c1ccccc1.Cl. The van der Waals surface area contributed by atoms with Crippen LogP contribution in [0.5, 0.6) is 0 Å². The second-order valence-electron chi connectivity index (χ2n) is 4.47. The number of carbonyl (C=O) groups is 2. The maximum atomic E-state index is 12.1. The first-order chi connectivity index (χ1) is 10.2. The summed E-state index contributed by atoms with van der Waals surface area (Å²) in [6.07, 6.45) is 3.64. The van der Waals surface area contributed by atoms with Crippen LogP contribution < -0.4 is 5.32 Å². The number of hydrogen-bond donors (Lipinski definition) is 1. The van der Waals surface area contributed by atoms with E-state index < -0.39 is 12.0 Å². The van der Waals surface area contributed by atoms with Gasteiger partial charge in [-0.15, -0.1) is 12.4 Å². The molecule has 0 saturated heterocycles. The van der Waals surface area contributed by atoms with Crippen molar-refractivity contribution in [1.29, 1.82) is 0 Å². The number of aromatic nitrogens is 1. The molecule has 0 fully saturated rings. The van der Waals surface area contributed by atoms with Crippen molar-refractivity contribution in [3.63, 3.8) is 0 Å². The van der Waals surface area contributed by atoms with Crippen LogP contribution in [0.25, 0.3) is 0 Å². The fraction of sp³-hybridized carbons (Fsp3) is 0.188. The maximum absolute atomic E-state index is 12.1. The van der Waals surface area contributed by atoms with E-state index in [0.29, 0.717) is 12.0 Å². The predicted octanol–water partition coefficient (Wildman–Crippen LogP) is 2.02. The van der Waals surface area contributed by atoms with Gasteiger partial charge in [-0.2, -0.15) is 0 Å². The van der Waals surface area contributed by atoms with Crippen LogP contribution in [0.15, 0.2) is 54.9 Å². The number of esters is 1. The molecule has 22 heavy (non-hydrogen) atoms. The number of ether oxygens (including phenoxy) is 1. The first-order valence-electron chi connectivity index (χ1n) is 6.53. The maximum Gasteiger partial charge on any atom is 0.328 e. The fourth-order valence-corrected chi connectivity index (χ4v) is 1.92. The van der Waals surface area contributed by atoms with Gasteiger partial charge < -0.3 is 10.1 Å². The van der Waals surface area contributed by atoms with E-state index in [9.17, 15) is 9.59 Å². The monoisotopic (exact) mass is 320 g/mol. The molecule has 0 saturated carbocycles. The summed E-state index contributed by atoms with van der Waals surface area (Å²) in [6, 6.07) is 11.6. The molecule has 1 aromatic heterocycles. The van der Waals surface area contributed by atoms with Gasteiger partial charge in [-0.1, -0.05) is 18.2 Å². The first kappa shape index (κ1) is 17.7. The molecular weight excluding hydrogens is 304 g/mol. The third-order valence-electron chi connectivity index (χ3n) is 3.02. The Kier molecular flexibility index (Phi) is 7.05. The molecule has 2 rings (SSSR count). The van der Waals surface area contributed by atoms with E-state index >= 15 is 0 Å². The van der Waals surface area contributed by atoms with Crippen LogP contribution in [0.3, 0.4) is 0 Å². The molecular formula is C16H17ClN2O3. The Bertz CT molecular complexity index is 605. The number of amides is 1. The van der Waals surface area contributed by atoms with Gasteiger partial charge in [-0.3, -0.25) is 9.78 Å². The largest absolute Gasteiger partial charge is 0.467 e. The second-order valence-corrected chi connectivity index (χ2v) is 4.47. The van der Waals surface area contributed by atoms with Gasteiger partial charge in [0.05, 0.1) is 7.11 Å². The minimum Gasteiger partial charge on any atom is -0.467 e. The molecule has 5 nitrogen and oxygen atoms in total. The molecule has 116 valence electrons. The third kappa shape index (κ3) is 4.86. The van der Waals surface area contributed by atoms with Crippen LogP contribution in [0, 0.1) is 0 Å². The summed E-state index contributed by atoms with van der Waals surface area (Å²) in [4.78, 5) is 27.9. The summed E-state index contributed by atoms with van der Waals surface area (Å²) in [5.41, 5.74) is 1.40. The van der Waals surface area contributed by atoms with E-state index in [2.05, 4.69) is 10.3 Å². The molecule has 0 spiro atoms. The number of hydrogen-bond acceptors (Lipinski definition) is 4. The van der Waals surface area contributed by atoms with Crippen LogP contribution in [-0.4, -0.2) is 30.0 Å². The highest BCUT2D eigenvalue weighted by Gasteiger charge is 2.22. The number of carbonyl (C=O) groups excluding carboxylic acids is 2. The lowest BCUT2D eigenvalue weighted by molar-refractivity contribution is -0.142. The normalized spacial score (nSPS) is 11.0. The van der Waals surface area contributed by atoms with Crippen molar-refractivity contribution in [2.75, 3.05) is 7.11 Å². The summed E-state index contributed by atoms with van der Waals surface area (Å²) >= 11 is 0. The molecule has 2 aromatic rings. The zero-order valence-electron chi connectivity index (χ0n) is 12.1. The third-order valence-corrected chi connectivity index (χ3v) is 3.02. The lowest BCUT2D eigenvalue weighted by atomic mass is 10.1. The van der Waals surface area contributed by atoms with E-state index in [1.165, 1.54) is 7.11 Å². The Hall–Kier alpha value is -2.40. The van der Waals surface area contributed by atoms with E-state index in [4.69, 9.17) is 4.74 Å². The Morgan fingerprint density at radius 2 is 1.77 bits per heavy atom. The van der Waals surface area contributed by atoms with E-state index in [0.717, 1.165) is 5.56 Å². The Morgan fingerprint density at radius 3 is 2.36 bits per heavy atom. The fourth-order valence-electron chi connectivity index (χ4n) is 1.92. The van der Waals surface area contributed by atoms with Gasteiger partial charge in [-0.25, -0.2) is 4.79 Å². The highest BCUT2D eigenvalue weighted by atomic mass is 35.5. The number of nitrogens with zero attached hydrogens (tertiary/aromatic N) is 1. The van der Waals surface area contributed by atoms with Crippen molar-refractivity contribution in [2.45, 2.75) is 12.5 Å². The number of nitrogens with one attached hydrogen (secondary N) is 1. The topological polar surface area (TPSA) is 68.3 Å². The summed E-state index contributed by atoms with van der Waals surface area (Å²) in [6.45, 7) is 0. The van der Waals surface area contributed by atoms with E-state index in [1.807, 2.05) is 6.07 Å². The van der Waals surface area contributed by atoms with Gasteiger partial charge in [0.15, 0.2) is 0 Å².